The van der Waals surface area contributed by atoms with Gasteiger partial charge in [-0.2, -0.15) is 0 Å². The number of imide groups is 2. The molecule has 0 bridgehead atoms. The highest BCUT2D eigenvalue weighted by Crippen LogP contribution is 2.29. The lowest BCUT2D eigenvalue weighted by molar-refractivity contribution is -0.136. The molecule has 9 nitrogen and oxygen atoms in total. The second-order valence-electron chi connectivity index (χ2n) is 7.33. The molecule has 1 fully saturated rings. The topological polar surface area (TPSA) is 133 Å². The lowest BCUT2D eigenvalue weighted by atomic mass is 9.87. The lowest BCUT2D eigenvalue weighted by Gasteiger charge is -2.27. The van der Waals surface area contributed by atoms with Crippen molar-refractivity contribution in [1.82, 2.24) is 15.5 Å². The minimum atomic E-state index is -1.05. The van der Waals surface area contributed by atoms with Gasteiger partial charge in [-0.05, 0) is 24.1 Å². The molecule has 1 saturated heterocycles. The van der Waals surface area contributed by atoms with Crippen LogP contribution >= 0.6 is 0 Å². The standard InChI is InChI=1S/C21H18BN3O6/c26-16-8-7-15(19(28)24-16)25-20(29)14-6-2-4-12(17(14)21(25)30)10-23-18(27)11-3-1-5-13(9-11)22-31/h1-6,9,15,22,31H,7-8,10H2,(H,23,27)(H,24,26,28). The Morgan fingerprint density at radius 3 is 2.65 bits per heavy atom. The summed E-state index contributed by atoms with van der Waals surface area (Å²) in [5.74, 6) is -2.73. The van der Waals surface area contributed by atoms with Crippen molar-refractivity contribution in [2.45, 2.75) is 25.4 Å². The third kappa shape index (κ3) is 3.73. The van der Waals surface area contributed by atoms with Gasteiger partial charge in [-0.25, -0.2) is 0 Å². The number of fused-ring (bicyclic) bond motifs is 1. The first kappa shape index (κ1) is 20.5. The van der Waals surface area contributed by atoms with Crippen LogP contribution < -0.4 is 16.1 Å². The number of carbonyl (C=O) groups excluding carboxylic acids is 5. The first-order valence-electron chi connectivity index (χ1n) is 9.72. The predicted molar refractivity (Wildman–Crippen MR) is 110 cm³/mol. The van der Waals surface area contributed by atoms with Crippen LogP contribution in [0, 0.1) is 0 Å². The monoisotopic (exact) mass is 419 g/mol. The van der Waals surface area contributed by atoms with Gasteiger partial charge in [0.2, 0.25) is 11.8 Å². The average molecular weight is 419 g/mol. The fraction of sp³-hybridized carbons (Fsp3) is 0.190. The van der Waals surface area contributed by atoms with Crippen LogP contribution in [0.15, 0.2) is 42.5 Å². The fourth-order valence-electron chi connectivity index (χ4n) is 3.82. The molecule has 1 atom stereocenters. The highest BCUT2D eigenvalue weighted by molar-refractivity contribution is 6.45. The summed E-state index contributed by atoms with van der Waals surface area (Å²) < 4.78 is 0. The largest absolute Gasteiger partial charge is 0.449 e. The maximum Gasteiger partial charge on any atom is 0.304 e. The van der Waals surface area contributed by atoms with Crippen molar-refractivity contribution in [1.29, 1.82) is 0 Å². The Bertz CT molecular complexity index is 1130. The molecule has 2 aliphatic heterocycles. The second kappa shape index (κ2) is 8.15. The molecule has 1 unspecified atom stereocenters. The molecule has 0 spiro atoms. The SMILES string of the molecule is O=C1CCC(N2C(=O)c3cccc(CNC(=O)c4cccc(BO)c4)c3C2=O)C(=O)N1. The van der Waals surface area contributed by atoms with E-state index in [0.717, 1.165) is 4.90 Å². The van der Waals surface area contributed by atoms with Gasteiger partial charge in [0.1, 0.15) is 6.04 Å². The van der Waals surface area contributed by atoms with Crippen molar-refractivity contribution in [3.63, 3.8) is 0 Å². The number of nitrogens with zero attached hydrogens (tertiary/aromatic N) is 1. The molecule has 0 aliphatic carbocycles. The van der Waals surface area contributed by atoms with E-state index in [1.54, 1.807) is 36.4 Å². The van der Waals surface area contributed by atoms with E-state index in [0.29, 0.717) is 16.6 Å². The zero-order valence-electron chi connectivity index (χ0n) is 16.4. The summed E-state index contributed by atoms with van der Waals surface area (Å²) in [6.45, 7) is -0.00638. The summed E-state index contributed by atoms with van der Waals surface area (Å²) in [6, 6.07) is 10.2. The summed E-state index contributed by atoms with van der Waals surface area (Å²) in [5.41, 5.74) is 1.68. The van der Waals surface area contributed by atoms with Crippen LogP contribution in [0.4, 0.5) is 0 Å². The molecule has 0 radical (unpaired) electrons. The molecular formula is C21H18BN3O6. The fourth-order valence-corrected chi connectivity index (χ4v) is 3.82. The zero-order valence-corrected chi connectivity index (χ0v) is 16.4. The van der Waals surface area contributed by atoms with Gasteiger partial charge < -0.3 is 10.3 Å². The number of hydrogen-bond acceptors (Lipinski definition) is 6. The number of benzene rings is 2. The van der Waals surface area contributed by atoms with Crippen LogP contribution in [0.3, 0.4) is 0 Å². The van der Waals surface area contributed by atoms with E-state index in [4.69, 9.17) is 0 Å². The minimum absolute atomic E-state index is 0.00638. The minimum Gasteiger partial charge on any atom is -0.449 e. The van der Waals surface area contributed by atoms with Crippen LogP contribution in [0.25, 0.3) is 0 Å². The van der Waals surface area contributed by atoms with Gasteiger partial charge in [-0.15, -0.1) is 0 Å². The Labute approximate surface area is 177 Å². The predicted octanol–water partition coefficient (Wildman–Crippen LogP) is -1.01. The third-order valence-electron chi connectivity index (χ3n) is 5.37. The second-order valence-corrected chi connectivity index (χ2v) is 7.33. The Balaban J connectivity index is 1.55. The zero-order chi connectivity index (χ0) is 22.1. The Morgan fingerprint density at radius 1 is 1.13 bits per heavy atom. The van der Waals surface area contributed by atoms with E-state index in [2.05, 4.69) is 10.6 Å². The van der Waals surface area contributed by atoms with E-state index in [1.165, 1.54) is 6.07 Å². The number of rotatable bonds is 5. The van der Waals surface area contributed by atoms with Crippen LogP contribution in [0.2, 0.25) is 0 Å². The number of hydrogen-bond donors (Lipinski definition) is 3. The summed E-state index contributed by atoms with van der Waals surface area (Å²) >= 11 is 0. The van der Waals surface area contributed by atoms with E-state index >= 15 is 0 Å². The summed E-state index contributed by atoms with van der Waals surface area (Å²) in [7, 11) is -0.194. The smallest absolute Gasteiger partial charge is 0.304 e. The molecule has 2 heterocycles. The van der Waals surface area contributed by atoms with Gasteiger partial charge in [-0.1, -0.05) is 35.8 Å². The maximum atomic E-state index is 13.1. The summed E-state index contributed by atoms with van der Waals surface area (Å²) in [6.07, 6.45) is 0.114. The Kier molecular flexibility index (Phi) is 5.39. The molecule has 0 saturated carbocycles. The van der Waals surface area contributed by atoms with E-state index in [1.807, 2.05) is 0 Å². The molecule has 4 rings (SSSR count). The maximum absolute atomic E-state index is 13.1. The molecule has 3 N–H and O–H groups in total. The van der Waals surface area contributed by atoms with E-state index in [9.17, 15) is 29.0 Å². The normalized spacial score (nSPS) is 18.0. The van der Waals surface area contributed by atoms with Crippen LogP contribution in [0.5, 0.6) is 0 Å². The van der Waals surface area contributed by atoms with Gasteiger partial charge in [0.25, 0.3) is 17.7 Å². The highest BCUT2D eigenvalue weighted by atomic mass is 16.2. The number of carbonyl (C=O) groups is 5. The molecule has 2 aromatic carbocycles. The van der Waals surface area contributed by atoms with Gasteiger partial charge >= 0.3 is 7.48 Å². The van der Waals surface area contributed by atoms with Crippen molar-refractivity contribution in [2.75, 3.05) is 0 Å². The average Bonchev–Trinajstić information content (AvgIpc) is 3.03. The molecule has 0 aromatic heterocycles. The lowest BCUT2D eigenvalue weighted by Crippen LogP contribution is -2.54. The molecule has 10 heteroatoms. The summed E-state index contributed by atoms with van der Waals surface area (Å²) in [4.78, 5) is 62.9. The molecule has 5 amide bonds. The summed E-state index contributed by atoms with van der Waals surface area (Å²) in [5, 5.41) is 14.1. The molecule has 2 aromatic rings. The van der Waals surface area contributed by atoms with Crippen molar-refractivity contribution in [3.05, 3.63) is 64.7 Å². The third-order valence-corrected chi connectivity index (χ3v) is 5.37. The van der Waals surface area contributed by atoms with Crippen LogP contribution in [-0.2, 0) is 16.1 Å². The van der Waals surface area contributed by atoms with Gasteiger partial charge in [-0.3, -0.25) is 34.2 Å². The van der Waals surface area contributed by atoms with Gasteiger partial charge in [0.15, 0.2) is 0 Å². The Morgan fingerprint density at radius 2 is 1.90 bits per heavy atom. The van der Waals surface area contributed by atoms with Crippen molar-refractivity contribution in [2.24, 2.45) is 0 Å². The van der Waals surface area contributed by atoms with Gasteiger partial charge in [0.05, 0.1) is 11.1 Å². The molecular weight excluding hydrogens is 401 g/mol. The van der Waals surface area contributed by atoms with Crippen LogP contribution in [-0.4, -0.2) is 53.0 Å². The van der Waals surface area contributed by atoms with Crippen molar-refractivity contribution < 1.29 is 29.0 Å². The van der Waals surface area contributed by atoms with Gasteiger partial charge in [0, 0.05) is 18.5 Å². The molecule has 31 heavy (non-hydrogen) atoms. The Hall–Kier alpha value is -3.79. The number of amides is 5. The molecule has 156 valence electrons. The van der Waals surface area contributed by atoms with Crippen molar-refractivity contribution >= 4 is 42.5 Å². The highest BCUT2D eigenvalue weighted by Gasteiger charge is 2.45. The van der Waals surface area contributed by atoms with Crippen molar-refractivity contribution in [3.8, 4) is 0 Å². The first-order valence-corrected chi connectivity index (χ1v) is 9.72. The van der Waals surface area contributed by atoms with Crippen LogP contribution in [0.1, 0.15) is 49.5 Å². The number of nitrogens with one attached hydrogen (secondary N) is 2. The van der Waals surface area contributed by atoms with E-state index in [-0.39, 0.29) is 38.0 Å². The van der Waals surface area contributed by atoms with E-state index < -0.39 is 35.6 Å². The first-order chi connectivity index (χ1) is 14.9. The quantitative estimate of drug-likeness (QED) is 0.420. The number of piperidine rings is 1. The molecule has 2 aliphatic rings.